The molecule has 9 heteroatoms. The minimum atomic E-state index is -0.364. The standard InChI is InChI=1S/C21H17ClN4O3S/c22-14-7-5-13(6-8-14)11-15-12-23-21(30-15)24-18(27)9-10-26-20(29)17-4-2-1-3-16(17)19(28)25-26/h1-8,12H,9-11H2,(H,25,28)(H,23,24,27). The summed E-state index contributed by atoms with van der Waals surface area (Å²) in [6.45, 7) is 0.0632. The number of fused-ring (bicyclic) bond motifs is 1. The molecule has 7 nitrogen and oxygen atoms in total. The molecule has 0 spiro atoms. The van der Waals surface area contributed by atoms with E-state index < -0.39 is 0 Å². The highest BCUT2D eigenvalue weighted by atomic mass is 35.5. The van der Waals surface area contributed by atoms with Crippen molar-refractivity contribution in [3.05, 3.63) is 90.9 Å². The summed E-state index contributed by atoms with van der Waals surface area (Å²) < 4.78 is 1.16. The van der Waals surface area contributed by atoms with Gasteiger partial charge in [0.15, 0.2) is 5.13 Å². The molecule has 30 heavy (non-hydrogen) atoms. The van der Waals surface area contributed by atoms with E-state index in [-0.39, 0.29) is 30.0 Å². The molecule has 0 unspecified atom stereocenters. The molecule has 0 saturated heterocycles. The van der Waals surface area contributed by atoms with Crippen molar-refractivity contribution in [2.24, 2.45) is 0 Å². The number of aryl methyl sites for hydroxylation is 1. The number of rotatable bonds is 6. The number of amides is 1. The predicted octanol–water partition coefficient (Wildman–Crippen LogP) is 3.42. The van der Waals surface area contributed by atoms with E-state index in [1.807, 2.05) is 24.3 Å². The average Bonchev–Trinajstić information content (AvgIpc) is 3.18. The Morgan fingerprint density at radius 1 is 1.10 bits per heavy atom. The van der Waals surface area contributed by atoms with Gasteiger partial charge in [0.05, 0.1) is 17.3 Å². The summed E-state index contributed by atoms with van der Waals surface area (Å²) in [4.78, 5) is 42.1. The third-order valence-electron chi connectivity index (χ3n) is 4.54. The Kier molecular flexibility index (Phi) is 5.78. The van der Waals surface area contributed by atoms with Gasteiger partial charge in [0.1, 0.15) is 0 Å². The van der Waals surface area contributed by atoms with Gasteiger partial charge in [0.25, 0.3) is 11.1 Å². The number of benzene rings is 2. The second-order valence-corrected chi connectivity index (χ2v) is 8.23. The number of carbonyl (C=O) groups is 1. The maximum Gasteiger partial charge on any atom is 0.273 e. The van der Waals surface area contributed by atoms with Crippen LogP contribution in [0.3, 0.4) is 0 Å². The molecule has 4 rings (SSSR count). The summed E-state index contributed by atoms with van der Waals surface area (Å²) in [5, 5.41) is 7.09. The molecule has 2 N–H and O–H groups in total. The summed E-state index contributed by atoms with van der Waals surface area (Å²) in [6, 6.07) is 14.1. The third-order valence-corrected chi connectivity index (χ3v) is 5.70. The monoisotopic (exact) mass is 440 g/mol. The van der Waals surface area contributed by atoms with Crippen molar-refractivity contribution < 1.29 is 4.79 Å². The molecule has 2 heterocycles. The molecule has 0 atom stereocenters. The van der Waals surface area contributed by atoms with Crippen LogP contribution in [-0.2, 0) is 17.8 Å². The van der Waals surface area contributed by atoms with Gasteiger partial charge < -0.3 is 5.32 Å². The Bertz CT molecular complexity index is 1320. The van der Waals surface area contributed by atoms with Crippen molar-refractivity contribution in [2.75, 3.05) is 5.32 Å². The zero-order chi connectivity index (χ0) is 21.1. The highest BCUT2D eigenvalue weighted by molar-refractivity contribution is 7.15. The molecule has 2 aromatic carbocycles. The molecular weight excluding hydrogens is 424 g/mol. The molecule has 0 aliphatic carbocycles. The van der Waals surface area contributed by atoms with E-state index in [0.717, 1.165) is 15.1 Å². The van der Waals surface area contributed by atoms with E-state index in [2.05, 4.69) is 15.4 Å². The number of H-pyrrole nitrogens is 1. The highest BCUT2D eigenvalue weighted by Gasteiger charge is 2.10. The van der Waals surface area contributed by atoms with Crippen LogP contribution in [0.1, 0.15) is 16.9 Å². The number of nitrogens with zero attached hydrogens (tertiary/aromatic N) is 2. The second kappa shape index (κ2) is 8.64. The van der Waals surface area contributed by atoms with Crippen molar-refractivity contribution in [3.63, 3.8) is 0 Å². The van der Waals surface area contributed by atoms with E-state index in [0.29, 0.717) is 27.3 Å². The van der Waals surface area contributed by atoms with Crippen LogP contribution in [0.2, 0.25) is 5.02 Å². The van der Waals surface area contributed by atoms with Gasteiger partial charge in [-0.2, -0.15) is 0 Å². The fourth-order valence-electron chi connectivity index (χ4n) is 3.05. The fraction of sp³-hybridized carbons (Fsp3) is 0.143. The van der Waals surface area contributed by atoms with Crippen LogP contribution in [0, 0.1) is 0 Å². The number of carbonyl (C=O) groups excluding carboxylic acids is 1. The van der Waals surface area contributed by atoms with Crippen LogP contribution in [0.5, 0.6) is 0 Å². The topological polar surface area (TPSA) is 96.9 Å². The van der Waals surface area contributed by atoms with E-state index in [1.165, 1.54) is 11.3 Å². The van der Waals surface area contributed by atoms with Crippen molar-refractivity contribution >= 4 is 44.7 Å². The summed E-state index contributed by atoms with van der Waals surface area (Å²) in [6.07, 6.45) is 2.44. The smallest absolute Gasteiger partial charge is 0.273 e. The Morgan fingerprint density at radius 3 is 2.60 bits per heavy atom. The highest BCUT2D eigenvalue weighted by Crippen LogP contribution is 2.22. The van der Waals surface area contributed by atoms with Crippen LogP contribution < -0.4 is 16.4 Å². The van der Waals surface area contributed by atoms with Gasteiger partial charge in [0.2, 0.25) is 5.91 Å². The van der Waals surface area contributed by atoms with Gasteiger partial charge in [0, 0.05) is 28.9 Å². The van der Waals surface area contributed by atoms with Crippen LogP contribution in [-0.4, -0.2) is 20.7 Å². The van der Waals surface area contributed by atoms with Crippen LogP contribution in [0.4, 0.5) is 5.13 Å². The van der Waals surface area contributed by atoms with Crippen molar-refractivity contribution in [2.45, 2.75) is 19.4 Å². The lowest BCUT2D eigenvalue weighted by Gasteiger charge is -2.07. The van der Waals surface area contributed by atoms with Crippen molar-refractivity contribution in [1.29, 1.82) is 0 Å². The van der Waals surface area contributed by atoms with Crippen LogP contribution >= 0.6 is 22.9 Å². The van der Waals surface area contributed by atoms with E-state index in [4.69, 9.17) is 11.6 Å². The third kappa shape index (κ3) is 4.50. The summed E-state index contributed by atoms with van der Waals surface area (Å²) in [5.74, 6) is -0.289. The maximum atomic E-state index is 12.5. The quantitative estimate of drug-likeness (QED) is 0.480. The second-order valence-electron chi connectivity index (χ2n) is 6.68. The molecule has 0 radical (unpaired) electrons. The molecule has 152 valence electrons. The van der Waals surface area contributed by atoms with E-state index in [1.54, 1.807) is 30.5 Å². The van der Waals surface area contributed by atoms with Crippen LogP contribution in [0.25, 0.3) is 10.8 Å². The molecule has 1 amide bonds. The zero-order valence-corrected chi connectivity index (χ0v) is 17.3. The summed E-state index contributed by atoms with van der Waals surface area (Å²) in [5.41, 5.74) is 0.399. The minimum absolute atomic E-state index is 0.0281. The summed E-state index contributed by atoms with van der Waals surface area (Å²) >= 11 is 7.29. The van der Waals surface area contributed by atoms with Gasteiger partial charge in [-0.1, -0.05) is 35.9 Å². The Balaban J connectivity index is 1.39. The Labute approximate surface area is 180 Å². The molecule has 0 saturated carbocycles. The normalized spacial score (nSPS) is 11.0. The number of nitrogens with one attached hydrogen (secondary N) is 2. The number of thiazole rings is 1. The lowest BCUT2D eigenvalue weighted by Crippen LogP contribution is -2.31. The first kappa shape index (κ1) is 20.1. The Morgan fingerprint density at radius 2 is 1.83 bits per heavy atom. The number of anilines is 1. The summed E-state index contributed by atoms with van der Waals surface area (Å²) in [7, 11) is 0. The van der Waals surface area contributed by atoms with E-state index in [9.17, 15) is 14.4 Å². The lowest BCUT2D eigenvalue weighted by molar-refractivity contribution is -0.116. The van der Waals surface area contributed by atoms with Gasteiger partial charge in [-0.15, -0.1) is 11.3 Å². The first-order chi connectivity index (χ1) is 14.5. The van der Waals surface area contributed by atoms with Crippen molar-refractivity contribution in [1.82, 2.24) is 14.8 Å². The van der Waals surface area contributed by atoms with Gasteiger partial charge in [-0.05, 0) is 29.8 Å². The Hall–Kier alpha value is -3.23. The number of hydrogen-bond donors (Lipinski definition) is 2. The molecule has 0 bridgehead atoms. The molecule has 2 aromatic heterocycles. The van der Waals surface area contributed by atoms with Gasteiger partial charge in [-0.25, -0.2) is 9.67 Å². The number of aromatic nitrogens is 3. The van der Waals surface area contributed by atoms with Gasteiger partial charge >= 0.3 is 0 Å². The van der Waals surface area contributed by atoms with E-state index >= 15 is 0 Å². The number of halogens is 1. The SMILES string of the molecule is O=C(CCn1[nH]c(=O)c2ccccc2c1=O)Nc1ncc(Cc2ccc(Cl)cc2)s1. The molecule has 0 aliphatic rings. The number of hydrogen-bond acceptors (Lipinski definition) is 5. The maximum absolute atomic E-state index is 12.5. The molecular formula is C21H17ClN4O3S. The average molecular weight is 441 g/mol. The molecule has 4 aromatic rings. The predicted molar refractivity (Wildman–Crippen MR) is 118 cm³/mol. The van der Waals surface area contributed by atoms with Crippen LogP contribution in [0.15, 0.2) is 64.3 Å². The van der Waals surface area contributed by atoms with Crippen molar-refractivity contribution in [3.8, 4) is 0 Å². The fourth-order valence-corrected chi connectivity index (χ4v) is 4.04. The molecule has 0 fully saturated rings. The minimum Gasteiger partial charge on any atom is -0.302 e. The van der Waals surface area contributed by atoms with Gasteiger partial charge in [-0.3, -0.25) is 19.5 Å². The zero-order valence-electron chi connectivity index (χ0n) is 15.7. The molecule has 0 aliphatic heterocycles. The first-order valence-corrected chi connectivity index (χ1v) is 10.4. The number of aromatic amines is 1. The lowest BCUT2D eigenvalue weighted by atomic mass is 10.1. The first-order valence-electron chi connectivity index (χ1n) is 9.20. The largest absolute Gasteiger partial charge is 0.302 e.